The molecule has 1 N–H and O–H groups in total. The number of nitrogens with one attached hydrogen (secondary N) is 1. The fourth-order valence-electron chi connectivity index (χ4n) is 3.21. The molecule has 0 bridgehead atoms. The molecule has 2 aliphatic heterocycles. The summed E-state index contributed by atoms with van der Waals surface area (Å²) in [7, 11) is 1.67. The standard InChI is InChI=1S/C15H23N3O2S/c1-20-11-12-3-9-21-14(12)15(19)18-6-2-13(10-18)17-7-4-16-5-8-17/h3,9,13,16H,2,4-8,10-11H2,1H3. The molecule has 3 heterocycles. The number of nitrogens with zero attached hydrogens (tertiary/aromatic N) is 2. The van der Waals surface area contributed by atoms with Crippen LogP contribution in [0.1, 0.15) is 21.7 Å². The Morgan fingerprint density at radius 1 is 1.43 bits per heavy atom. The third-order valence-electron chi connectivity index (χ3n) is 4.36. The predicted molar refractivity (Wildman–Crippen MR) is 83.8 cm³/mol. The molecule has 21 heavy (non-hydrogen) atoms. The fourth-order valence-corrected chi connectivity index (χ4v) is 4.08. The molecule has 0 saturated carbocycles. The number of amides is 1. The first-order valence-corrected chi connectivity index (χ1v) is 8.47. The van der Waals surface area contributed by atoms with Crippen LogP contribution < -0.4 is 5.32 Å². The second-order valence-electron chi connectivity index (χ2n) is 5.69. The highest BCUT2D eigenvalue weighted by molar-refractivity contribution is 7.12. The zero-order chi connectivity index (χ0) is 14.7. The van der Waals surface area contributed by atoms with Crippen LogP contribution in [0.4, 0.5) is 0 Å². The number of rotatable bonds is 4. The predicted octanol–water partition coefficient (Wildman–Crippen LogP) is 1.01. The van der Waals surface area contributed by atoms with Crippen LogP contribution in [-0.4, -0.2) is 68.1 Å². The minimum atomic E-state index is 0.176. The monoisotopic (exact) mass is 309 g/mol. The molecule has 1 aromatic heterocycles. The average Bonchev–Trinajstić information content (AvgIpc) is 3.17. The number of piperazine rings is 1. The number of hydrogen-bond acceptors (Lipinski definition) is 5. The summed E-state index contributed by atoms with van der Waals surface area (Å²) in [6.45, 7) is 6.57. The van der Waals surface area contributed by atoms with Crippen molar-refractivity contribution < 1.29 is 9.53 Å². The summed E-state index contributed by atoms with van der Waals surface area (Å²) in [5.74, 6) is 0.176. The van der Waals surface area contributed by atoms with Crippen molar-refractivity contribution in [1.82, 2.24) is 15.1 Å². The van der Waals surface area contributed by atoms with Crippen LogP contribution in [0.15, 0.2) is 11.4 Å². The molecule has 0 aliphatic carbocycles. The van der Waals surface area contributed by atoms with Gasteiger partial charge in [0, 0.05) is 58.0 Å². The van der Waals surface area contributed by atoms with Crippen LogP contribution in [0.5, 0.6) is 0 Å². The summed E-state index contributed by atoms with van der Waals surface area (Å²) < 4.78 is 5.18. The van der Waals surface area contributed by atoms with E-state index >= 15 is 0 Å². The van der Waals surface area contributed by atoms with Gasteiger partial charge in [0.1, 0.15) is 0 Å². The van der Waals surface area contributed by atoms with E-state index in [2.05, 4.69) is 10.2 Å². The normalized spacial score (nSPS) is 23.7. The summed E-state index contributed by atoms with van der Waals surface area (Å²) in [6, 6.07) is 2.52. The first-order valence-electron chi connectivity index (χ1n) is 7.59. The van der Waals surface area contributed by atoms with E-state index in [1.165, 1.54) is 11.3 Å². The Hall–Kier alpha value is -0.950. The second kappa shape index (κ2) is 6.87. The zero-order valence-electron chi connectivity index (χ0n) is 12.5. The van der Waals surface area contributed by atoms with E-state index in [-0.39, 0.29) is 5.91 Å². The number of thiophene rings is 1. The molecule has 0 aromatic carbocycles. The van der Waals surface area contributed by atoms with E-state index in [9.17, 15) is 4.79 Å². The van der Waals surface area contributed by atoms with Crippen LogP contribution in [0, 0.1) is 0 Å². The second-order valence-corrected chi connectivity index (χ2v) is 6.60. The van der Waals surface area contributed by atoms with Gasteiger partial charge in [0.05, 0.1) is 11.5 Å². The van der Waals surface area contributed by atoms with Crippen molar-refractivity contribution in [3.63, 3.8) is 0 Å². The molecule has 0 spiro atoms. The molecule has 3 rings (SSSR count). The molecular weight excluding hydrogens is 286 g/mol. The minimum Gasteiger partial charge on any atom is -0.380 e. The maximum atomic E-state index is 12.7. The maximum absolute atomic E-state index is 12.7. The summed E-state index contributed by atoms with van der Waals surface area (Å²) in [6.07, 6.45) is 1.09. The van der Waals surface area contributed by atoms with Gasteiger partial charge < -0.3 is 15.0 Å². The summed E-state index contributed by atoms with van der Waals surface area (Å²) >= 11 is 1.53. The SMILES string of the molecule is COCc1ccsc1C(=O)N1CCC(N2CCNCC2)C1. The van der Waals surface area contributed by atoms with Crippen LogP contribution >= 0.6 is 11.3 Å². The van der Waals surface area contributed by atoms with Gasteiger partial charge in [-0.3, -0.25) is 9.69 Å². The molecule has 6 heteroatoms. The van der Waals surface area contributed by atoms with Crippen molar-refractivity contribution >= 4 is 17.2 Å². The summed E-state index contributed by atoms with van der Waals surface area (Å²) in [5.41, 5.74) is 1.01. The van der Waals surface area contributed by atoms with Crippen molar-refractivity contribution in [3.05, 3.63) is 21.9 Å². The van der Waals surface area contributed by atoms with Gasteiger partial charge in [-0.15, -0.1) is 11.3 Å². The molecule has 1 amide bonds. The Morgan fingerprint density at radius 2 is 2.24 bits per heavy atom. The highest BCUT2D eigenvalue weighted by Crippen LogP contribution is 2.24. The lowest BCUT2D eigenvalue weighted by molar-refractivity contribution is 0.0774. The van der Waals surface area contributed by atoms with Crippen molar-refractivity contribution in [2.75, 3.05) is 46.4 Å². The van der Waals surface area contributed by atoms with E-state index in [4.69, 9.17) is 4.74 Å². The van der Waals surface area contributed by atoms with Crippen LogP contribution in [0.2, 0.25) is 0 Å². The van der Waals surface area contributed by atoms with Gasteiger partial charge in [0.15, 0.2) is 0 Å². The molecule has 0 radical (unpaired) electrons. The van der Waals surface area contributed by atoms with E-state index in [0.29, 0.717) is 12.6 Å². The molecule has 1 atom stereocenters. The van der Waals surface area contributed by atoms with Gasteiger partial charge in [0.2, 0.25) is 0 Å². The third kappa shape index (κ3) is 3.29. The Bertz CT molecular complexity index is 485. The van der Waals surface area contributed by atoms with Gasteiger partial charge in [-0.05, 0) is 17.9 Å². The average molecular weight is 309 g/mol. The number of hydrogen-bond donors (Lipinski definition) is 1. The number of likely N-dealkylation sites (tertiary alicyclic amines) is 1. The number of carbonyl (C=O) groups excluding carboxylic acids is 1. The Labute approximate surface area is 129 Å². The molecular formula is C15H23N3O2S. The lowest BCUT2D eigenvalue weighted by Gasteiger charge is -2.32. The molecule has 2 saturated heterocycles. The van der Waals surface area contributed by atoms with E-state index < -0.39 is 0 Å². The molecule has 5 nitrogen and oxygen atoms in total. The molecule has 2 fully saturated rings. The van der Waals surface area contributed by atoms with Crippen molar-refractivity contribution in [2.24, 2.45) is 0 Å². The first kappa shape index (κ1) is 15.0. The highest BCUT2D eigenvalue weighted by atomic mass is 32.1. The van der Waals surface area contributed by atoms with Crippen LogP contribution in [0.25, 0.3) is 0 Å². The molecule has 1 unspecified atom stereocenters. The topological polar surface area (TPSA) is 44.8 Å². The van der Waals surface area contributed by atoms with Crippen molar-refractivity contribution in [3.8, 4) is 0 Å². The van der Waals surface area contributed by atoms with Crippen molar-refractivity contribution in [2.45, 2.75) is 19.1 Å². The number of carbonyl (C=O) groups is 1. The van der Waals surface area contributed by atoms with E-state index in [1.54, 1.807) is 7.11 Å². The van der Waals surface area contributed by atoms with E-state index in [0.717, 1.165) is 56.1 Å². The quantitative estimate of drug-likeness (QED) is 0.902. The lowest BCUT2D eigenvalue weighted by atomic mass is 10.2. The third-order valence-corrected chi connectivity index (χ3v) is 5.30. The van der Waals surface area contributed by atoms with Gasteiger partial charge >= 0.3 is 0 Å². The minimum absolute atomic E-state index is 0.176. The van der Waals surface area contributed by atoms with Crippen LogP contribution in [-0.2, 0) is 11.3 Å². The smallest absolute Gasteiger partial charge is 0.264 e. The van der Waals surface area contributed by atoms with Gasteiger partial charge in [-0.25, -0.2) is 0 Å². The van der Waals surface area contributed by atoms with Gasteiger partial charge in [-0.1, -0.05) is 0 Å². The van der Waals surface area contributed by atoms with Crippen molar-refractivity contribution in [1.29, 1.82) is 0 Å². The first-order chi connectivity index (χ1) is 10.3. The van der Waals surface area contributed by atoms with Crippen LogP contribution in [0.3, 0.4) is 0 Å². The maximum Gasteiger partial charge on any atom is 0.264 e. The molecule has 1 aromatic rings. The zero-order valence-corrected chi connectivity index (χ0v) is 13.3. The molecule has 116 valence electrons. The largest absolute Gasteiger partial charge is 0.380 e. The highest BCUT2D eigenvalue weighted by Gasteiger charge is 2.32. The molecule has 2 aliphatic rings. The Kier molecular flexibility index (Phi) is 4.90. The lowest BCUT2D eigenvalue weighted by Crippen LogP contribution is -2.49. The van der Waals surface area contributed by atoms with Gasteiger partial charge in [0.25, 0.3) is 5.91 Å². The Balaban J connectivity index is 1.62. The van der Waals surface area contributed by atoms with E-state index in [1.807, 2.05) is 16.3 Å². The summed E-state index contributed by atoms with van der Waals surface area (Å²) in [4.78, 5) is 18.1. The van der Waals surface area contributed by atoms with Gasteiger partial charge in [-0.2, -0.15) is 0 Å². The Morgan fingerprint density at radius 3 is 3.00 bits per heavy atom. The number of methoxy groups -OCH3 is 1. The fraction of sp³-hybridized carbons (Fsp3) is 0.667. The summed E-state index contributed by atoms with van der Waals surface area (Å²) in [5, 5.41) is 5.36. The number of ether oxygens (including phenoxy) is 1.